The third-order valence-corrected chi connectivity index (χ3v) is 1.85. The molecular weight excluding hydrogens is 172 g/mol. The van der Waals surface area contributed by atoms with Gasteiger partial charge < -0.3 is 5.73 Å². The Morgan fingerprint density at radius 3 is 2.50 bits per heavy atom. The van der Waals surface area contributed by atoms with Crippen LogP contribution in [0.15, 0.2) is 30.3 Å². The van der Waals surface area contributed by atoms with Crippen LogP contribution in [0.4, 0.5) is 5.69 Å². The molecule has 0 unspecified atom stereocenters. The molecule has 1 aromatic heterocycles. The van der Waals surface area contributed by atoms with Crippen molar-refractivity contribution in [1.82, 2.24) is 4.98 Å². The lowest BCUT2D eigenvalue weighted by Crippen LogP contribution is -1.86. The Morgan fingerprint density at radius 1 is 1.07 bits per heavy atom. The third kappa shape index (κ3) is 2.22. The van der Waals surface area contributed by atoms with Gasteiger partial charge in [-0.3, -0.25) is 4.98 Å². The smallest absolute Gasteiger partial charge is 0.0706 e. The lowest BCUT2D eigenvalue weighted by atomic mass is 10.2. The van der Waals surface area contributed by atoms with Gasteiger partial charge in [-0.05, 0) is 31.2 Å². The number of benzene rings is 1. The summed E-state index contributed by atoms with van der Waals surface area (Å²) in [4.78, 5) is 4.36. The van der Waals surface area contributed by atoms with Gasteiger partial charge in [-0.25, -0.2) is 0 Å². The molecule has 0 aliphatic heterocycles. The molecule has 0 radical (unpaired) electrons. The minimum absolute atomic E-state index is 0.785. The van der Waals surface area contributed by atoms with Crippen molar-refractivity contribution in [2.75, 3.05) is 5.73 Å². The first-order valence-electron chi connectivity index (χ1n) is 4.88. The van der Waals surface area contributed by atoms with Crippen molar-refractivity contribution in [3.05, 3.63) is 36.0 Å². The SMILES string of the molecule is CC.Cc1ccc2cc(N)ccc2n1. The topological polar surface area (TPSA) is 38.9 Å². The largest absolute Gasteiger partial charge is 0.399 e. The van der Waals surface area contributed by atoms with E-state index in [0.29, 0.717) is 0 Å². The van der Waals surface area contributed by atoms with Crippen molar-refractivity contribution < 1.29 is 0 Å². The molecule has 0 aliphatic rings. The molecule has 0 fully saturated rings. The molecule has 0 atom stereocenters. The van der Waals surface area contributed by atoms with Gasteiger partial charge in [0.15, 0.2) is 0 Å². The van der Waals surface area contributed by atoms with Crippen LogP contribution in [-0.4, -0.2) is 4.98 Å². The maximum absolute atomic E-state index is 5.63. The summed E-state index contributed by atoms with van der Waals surface area (Å²) in [6.07, 6.45) is 0. The first kappa shape index (κ1) is 10.5. The number of aromatic nitrogens is 1. The molecule has 14 heavy (non-hydrogen) atoms. The Labute approximate surface area is 84.8 Å². The van der Waals surface area contributed by atoms with Gasteiger partial charge in [-0.1, -0.05) is 19.9 Å². The Hall–Kier alpha value is -1.57. The van der Waals surface area contributed by atoms with E-state index in [4.69, 9.17) is 5.73 Å². The van der Waals surface area contributed by atoms with Gasteiger partial charge in [0.2, 0.25) is 0 Å². The third-order valence-electron chi connectivity index (χ3n) is 1.85. The number of rotatable bonds is 0. The highest BCUT2D eigenvalue weighted by Crippen LogP contribution is 2.15. The molecule has 0 saturated carbocycles. The molecule has 2 heteroatoms. The summed E-state index contributed by atoms with van der Waals surface area (Å²) in [5.74, 6) is 0. The maximum atomic E-state index is 5.63. The fourth-order valence-corrected chi connectivity index (χ4v) is 1.25. The van der Waals surface area contributed by atoms with E-state index in [1.165, 1.54) is 0 Å². The number of fused-ring (bicyclic) bond motifs is 1. The monoisotopic (exact) mass is 188 g/mol. The molecule has 0 bridgehead atoms. The summed E-state index contributed by atoms with van der Waals surface area (Å²) in [5.41, 5.74) is 8.46. The van der Waals surface area contributed by atoms with Gasteiger partial charge in [-0.15, -0.1) is 0 Å². The van der Waals surface area contributed by atoms with Gasteiger partial charge in [0.05, 0.1) is 5.52 Å². The number of anilines is 1. The van der Waals surface area contributed by atoms with Crippen LogP contribution in [0.1, 0.15) is 19.5 Å². The zero-order chi connectivity index (χ0) is 10.6. The van der Waals surface area contributed by atoms with E-state index < -0.39 is 0 Å². The predicted octanol–water partition coefficient (Wildman–Crippen LogP) is 3.15. The van der Waals surface area contributed by atoms with E-state index in [2.05, 4.69) is 4.98 Å². The minimum atomic E-state index is 0.785. The second-order valence-electron chi connectivity index (χ2n) is 2.90. The summed E-state index contributed by atoms with van der Waals surface area (Å²) in [5, 5.41) is 1.10. The summed E-state index contributed by atoms with van der Waals surface area (Å²) >= 11 is 0. The quantitative estimate of drug-likeness (QED) is 0.645. The van der Waals surface area contributed by atoms with Crippen molar-refractivity contribution in [1.29, 1.82) is 0 Å². The Kier molecular flexibility index (Phi) is 3.46. The molecular formula is C12H16N2. The molecule has 2 nitrogen and oxygen atoms in total. The van der Waals surface area contributed by atoms with Gasteiger partial charge >= 0.3 is 0 Å². The van der Waals surface area contributed by atoms with Crippen LogP contribution < -0.4 is 5.73 Å². The highest BCUT2D eigenvalue weighted by molar-refractivity contribution is 5.81. The average Bonchev–Trinajstić information content (AvgIpc) is 2.21. The van der Waals surface area contributed by atoms with E-state index in [-0.39, 0.29) is 0 Å². The van der Waals surface area contributed by atoms with E-state index >= 15 is 0 Å². The van der Waals surface area contributed by atoms with E-state index in [9.17, 15) is 0 Å². The average molecular weight is 188 g/mol. The molecule has 2 rings (SSSR count). The van der Waals surface area contributed by atoms with E-state index in [1.807, 2.05) is 51.1 Å². The second kappa shape index (κ2) is 4.61. The van der Waals surface area contributed by atoms with Crippen LogP contribution in [0.3, 0.4) is 0 Å². The van der Waals surface area contributed by atoms with Gasteiger partial charge in [0.25, 0.3) is 0 Å². The molecule has 74 valence electrons. The highest BCUT2D eigenvalue weighted by atomic mass is 14.7. The number of nitrogens with zero attached hydrogens (tertiary/aromatic N) is 1. The van der Waals surface area contributed by atoms with Crippen LogP contribution in [0.2, 0.25) is 0 Å². The van der Waals surface area contributed by atoms with Crippen molar-refractivity contribution in [3.63, 3.8) is 0 Å². The molecule has 1 heterocycles. The lowest BCUT2D eigenvalue weighted by Gasteiger charge is -1.99. The molecule has 2 aromatic rings. The summed E-state index contributed by atoms with van der Waals surface area (Å²) in [7, 11) is 0. The lowest BCUT2D eigenvalue weighted by molar-refractivity contribution is 1.26. The molecule has 0 amide bonds. The van der Waals surface area contributed by atoms with Crippen LogP contribution in [0.5, 0.6) is 0 Å². The Morgan fingerprint density at radius 2 is 1.79 bits per heavy atom. The van der Waals surface area contributed by atoms with Crippen molar-refractivity contribution in [2.24, 2.45) is 0 Å². The van der Waals surface area contributed by atoms with Crippen LogP contribution >= 0.6 is 0 Å². The van der Waals surface area contributed by atoms with Gasteiger partial charge in [-0.2, -0.15) is 0 Å². The minimum Gasteiger partial charge on any atom is -0.399 e. The number of pyridine rings is 1. The number of hydrogen-bond acceptors (Lipinski definition) is 2. The standard InChI is InChI=1S/C10H10N2.C2H6/c1-7-2-3-8-6-9(11)4-5-10(8)12-7;1-2/h2-6H,11H2,1H3;1-2H3. The van der Waals surface area contributed by atoms with E-state index in [1.54, 1.807) is 0 Å². The number of hydrogen-bond donors (Lipinski definition) is 1. The molecule has 1 aromatic carbocycles. The molecule has 0 spiro atoms. The molecule has 2 N–H and O–H groups in total. The first-order valence-corrected chi connectivity index (χ1v) is 4.88. The van der Waals surface area contributed by atoms with Crippen molar-refractivity contribution in [3.8, 4) is 0 Å². The predicted molar refractivity (Wildman–Crippen MR) is 62.2 cm³/mol. The van der Waals surface area contributed by atoms with Gasteiger partial charge in [0.1, 0.15) is 0 Å². The number of aryl methyl sites for hydroxylation is 1. The second-order valence-corrected chi connectivity index (χ2v) is 2.90. The summed E-state index contributed by atoms with van der Waals surface area (Å²) in [6, 6.07) is 9.77. The fourth-order valence-electron chi connectivity index (χ4n) is 1.25. The normalized spacial score (nSPS) is 9.36. The zero-order valence-corrected chi connectivity index (χ0v) is 8.91. The van der Waals surface area contributed by atoms with Crippen molar-refractivity contribution in [2.45, 2.75) is 20.8 Å². The van der Waals surface area contributed by atoms with Crippen LogP contribution in [-0.2, 0) is 0 Å². The molecule has 0 saturated heterocycles. The zero-order valence-electron chi connectivity index (χ0n) is 8.91. The Bertz CT molecular complexity index is 380. The van der Waals surface area contributed by atoms with Crippen LogP contribution in [0.25, 0.3) is 10.9 Å². The van der Waals surface area contributed by atoms with Crippen molar-refractivity contribution >= 4 is 16.6 Å². The summed E-state index contributed by atoms with van der Waals surface area (Å²) in [6.45, 7) is 5.98. The highest BCUT2D eigenvalue weighted by Gasteiger charge is 1.94. The first-order chi connectivity index (χ1) is 6.75. The number of nitrogens with two attached hydrogens (primary N) is 1. The fraction of sp³-hybridized carbons (Fsp3) is 0.250. The Balaban J connectivity index is 0.000000461. The maximum Gasteiger partial charge on any atom is 0.0706 e. The summed E-state index contributed by atoms with van der Waals surface area (Å²) < 4.78 is 0. The number of nitrogen functional groups attached to an aromatic ring is 1. The van der Waals surface area contributed by atoms with Gasteiger partial charge in [0, 0.05) is 16.8 Å². The molecule has 0 aliphatic carbocycles. The van der Waals surface area contributed by atoms with E-state index in [0.717, 1.165) is 22.3 Å². The van der Waals surface area contributed by atoms with Crippen LogP contribution in [0, 0.1) is 6.92 Å².